The van der Waals surface area contributed by atoms with E-state index in [1.54, 1.807) is 0 Å². The Kier molecular flexibility index (Phi) is 3.80. The molecule has 1 N–H and O–H groups in total. The lowest BCUT2D eigenvalue weighted by Gasteiger charge is -2.27. The van der Waals surface area contributed by atoms with Gasteiger partial charge in [0, 0.05) is 31.2 Å². The van der Waals surface area contributed by atoms with Crippen molar-refractivity contribution in [3.05, 3.63) is 34.9 Å². The van der Waals surface area contributed by atoms with Crippen LogP contribution < -0.4 is 5.32 Å². The topological polar surface area (TPSA) is 32.3 Å². The van der Waals surface area contributed by atoms with E-state index in [0.717, 1.165) is 31.7 Å². The molecule has 1 aromatic rings. The molecule has 16 heavy (non-hydrogen) atoms. The molecular formula is C12H15ClN2O. The van der Waals surface area contributed by atoms with Crippen molar-refractivity contribution in [3.8, 4) is 0 Å². The first-order chi connectivity index (χ1) is 7.77. The van der Waals surface area contributed by atoms with E-state index in [1.807, 2.05) is 29.2 Å². The summed E-state index contributed by atoms with van der Waals surface area (Å²) in [4.78, 5) is 13.8. The van der Waals surface area contributed by atoms with Crippen LogP contribution in [0.1, 0.15) is 5.56 Å². The van der Waals surface area contributed by atoms with Crippen LogP contribution in [0.5, 0.6) is 0 Å². The molecule has 1 aromatic carbocycles. The SMILES string of the molecule is O=C(Cc1ccccc1Cl)N1CCNCC1. The Hall–Kier alpha value is -1.06. The molecule has 1 amide bonds. The van der Waals surface area contributed by atoms with Crippen LogP contribution in [0.4, 0.5) is 0 Å². The highest BCUT2D eigenvalue weighted by molar-refractivity contribution is 6.31. The van der Waals surface area contributed by atoms with Gasteiger partial charge in [-0.2, -0.15) is 0 Å². The van der Waals surface area contributed by atoms with Crippen LogP contribution >= 0.6 is 11.6 Å². The zero-order valence-corrected chi connectivity index (χ0v) is 9.83. The van der Waals surface area contributed by atoms with Crippen LogP contribution in [-0.2, 0) is 11.2 Å². The second kappa shape index (κ2) is 5.32. The highest BCUT2D eigenvalue weighted by atomic mass is 35.5. The molecule has 0 aromatic heterocycles. The van der Waals surface area contributed by atoms with E-state index < -0.39 is 0 Å². The normalized spacial score (nSPS) is 16.2. The number of benzene rings is 1. The molecule has 1 fully saturated rings. The van der Waals surface area contributed by atoms with Crippen molar-refractivity contribution in [2.24, 2.45) is 0 Å². The molecule has 0 spiro atoms. The van der Waals surface area contributed by atoms with E-state index >= 15 is 0 Å². The zero-order valence-electron chi connectivity index (χ0n) is 9.08. The first-order valence-corrected chi connectivity index (χ1v) is 5.87. The maximum atomic E-state index is 12.0. The van der Waals surface area contributed by atoms with Crippen molar-refractivity contribution in [2.45, 2.75) is 6.42 Å². The summed E-state index contributed by atoms with van der Waals surface area (Å²) in [7, 11) is 0. The molecule has 0 bridgehead atoms. The second-order valence-corrected chi connectivity index (χ2v) is 4.31. The zero-order chi connectivity index (χ0) is 11.4. The number of amides is 1. The van der Waals surface area contributed by atoms with E-state index in [-0.39, 0.29) is 5.91 Å². The molecule has 0 atom stereocenters. The maximum Gasteiger partial charge on any atom is 0.227 e. The summed E-state index contributed by atoms with van der Waals surface area (Å²) in [5.41, 5.74) is 0.910. The molecule has 1 aliphatic heterocycles. The Morgan fingerprint density at radius 3 is 2.69 bits per heavy atom. The molecule has 1 saturated heterocycles. The van der Waals surface area contributed by atoms with E-state index in [1.165, 1.54) is 0 Å². The molecule has 1 aliphatic rings. The van der Waals surface area contributed by atoms with Crippen molar-refractivity contribution in [3.63, 3.8) is 0 Å². The van der Waals surface area contributed by atoms with Crippen LogP contribution in [0.2, 0.25) is 5.02 Å². The first kappa shape index (κ1) is 11.4. The number of halogens is 1. The van der Waals surface area contributed by atoms with Crippen LogP contribution in [0, 0.1) is 0 Å². The van der Waals surface area contributed by atoms with E-state index in [4.69, 9.17) is 11.6 Å². The summed E-state index contributed by atoms with van der Waals surface area (Å²) >= 11 is 6.02. The summed E-state index contributed by atoms with van der Waals surface area (Å²) in [6.07, 6.45) is 0.402. The molecule has 0 aliphatic carbocycles. The minimum absolute atomic E-state index is 0.162. The predicted octanol–water partition coefficient (Wildman–Crippen LogP) is 1.31. The number of hydrogen-bond acceptors (Lipinski definition) is 2. The molecule has 0 radical (unpaired) electrons. The van der Waals surface area contributed by atoms with Crippen LogP contribution in [0.15, 0.2) is 24.3 Å². The summed E-state index contributed by atoms with van der Waals surface area (Å²) in [5, 5.41) is 3.90. The number of piperazine rings is 1. The van der Waals surface area contributed by atoms with Crippen LogP contribution in [0.25, 0.3) is 0 Å². The van der Waals surface area contributed by atoms with Crippen molar-refractivity contribution in [1.29, 1.82) is 0 Å². The number of carbonyl (C=O) groups is 1. The molecule has 0 saturated carbocycles. The van der Waals surface area contributed by atoms with Gasteiger partial charge in [0.15, 0.2) is 0 Å². The Labute approximate surface area is 100 Å². The average Bonchev–Trinajstić information content (AvgIpc) is 2.33. The fourth-order valence-corrected chi connectivity index (χ4v) is 2.03. The van der Waals surface area contributed by atoms with Crippen molar-refractivity contribution >= 4 is 17.5 Å². The van der Waals surface area contributed by atoms with Gasteiger partial charge in [0.2, 0.25) is 5.91 Å². The van der Waals surface area contributed by atoms with Gasteiger partial charge in [-0.15, -0.1) is 0 Å². The molecule has 0 unspecified atom stereocenters. The van der Waals surface area contributed by atoms with Gasteiger partial charge in [-0.05, 0) is 11.6 Å². The van der Waals surface area contributed by atoms with Gasteiger partial charge in [-0.25, -0.2) is 0 Å². The van der Waals surface area contributed by atoms with Gasteiger partial charge in [0.05, 0.1) is 6.42 Å². The predicted molar refractivity (Wildman–Crippen MR) is 64.6 cm³/mol. The van der Waals surface area contributed by atoms with E-state index in [2.05, 4.69) is 5.32 Å². The van der Waals surface area contributed by atoms with Gasteiger partial charge in [0.1, 0.15) is 0 Å². The molecule has 1 heterocycles. The van der Waals surface area contributed by atoms with Crippen molar-refractivity contribution in [2.75, 3.05) is 26.2 Å². The number of nitrogens with one attached hydrogen (secondary N) is 1. The van der Waals surface area contributed by atoms with Crippen molar-refractivity contribution < 1.29 is 4.79 Å². The van der Waals surface area contributed by atoms with Gasteiger partial charge in [0.25, 0.3) is 0 Å². The number of hydrogen-bond donors (Lipinski definition) is 1. The minimum atomic E-state index is 0.162. The highest BCUT2D eigenvalue weighted by Gasteiger charge is 2.16. The van der Waals surface area contributed by atoms with Gasteiger partial charge in [-0.1, -0.05) is 29.8 Å². The molecule has 4 heteroatoms. The monoisotopic (exact) mass is 238 g/mol. The third kappa shape index (κ3) is 2.74. The van der Waals surface area contributed by atoms with E-state index in [0.29, 0.717) is 11.4 Å². The molecular weight excluding hydrogens is 224 g/mol. The summed E-state index contributed by atoms with van der Waals surface area (Å²) in [5.74, 6) is 0.162. The first-order valence-electron chi connectivity index (χ1n) is 5.49. The molecule has 86 valence electrons. The lowest BCUT2D eigenvalue weighted by molar-refractivity contribution is -0.131. The fourth-order valence-electron chi connectivity index (χ4n) is 1.83. The standard InChI is InChI=1S/C12H15ClN2O/c13-11-4-2-1-3-10(11)9-12(16)15-7-5-14-6-8-15/h1-4,14H,5-9H2. The fraction of sp³-hybridized carbons (Fsp3) is 0.417. The Morgan fingerprint density at radius 1 is 1.31 bits per heavy atom. The minimum Gasteiger partial charge on any atom is -0.340 e. The van der Waals surface area contributed by atoms with Gasteiger partial charge >= 0.3 is 0 Å². The Morgan fingerprint density at radius 2 is 2.00 bits per heavy atom. The van der Waals surface area contributed by atoms with Crippen LogP contribution in [0.3, 0.4) is 0 Å². The number of nitrogens with zero attached hydrogens (tertiary/aromatic N) is 1. The quantitative estimate of drug-likeness (QED) is 0.843. The van der Waals surface area contributed by atoms with E-state index in [9.17, 15) is 4.79 Å². The molecule has 2 rings (SSSR count). The van der Waals surface area contributed by atoms with Gasteiger partial charge in [-0.3, -0.25) is 4.79 Å². The maximum absolute atomic E-state index is 12.0. The molecule has 3 nitrogen and oxygen atoms in total. The lowest BCUT2D eigenvalue weighted by Crippen LogP contribution is -2.46. The third-order valence-electron chi connectivity index (χ3n) is 2.77. The van der Waals surface area contributed by atoms with Crippen LogP contribution in [-0.4, -0.2) is 37.0 Å². The summed E-state index contributed by atoms with van der Waals surface area (Å²) in [6.45, 7) is 3.36. The highest BCUT2D eigenvalue weighted by Crippen LogP contribution is 2.16. The largest absolute Gasteiger partial charge is 0.340 e. The van der Waals surface area contributed by atoms with Crippen molar-refractivity contribution in [1.82, 2.24) is 10.2 Å². The third-order valence-corrected chi connectivity index (χ3v) is 3.14. The summed E-state index contributed by atoms with van der Waals surface area (Å²) < 4.78 is 0. The number of rotatable bonds is 2. The lowest BCUT2D eigenvalue weighted by atomic mass is 10.1. The second-order valence-electron chi connectivity index (χ2n) is 3.90. The average molecular weight is 239 g/mol. The smallest absolute Gasteiger partial charge is 0.227 e. The number of carbonyl (C=O) groups excluding carboxylic acids is 1. The Bertz CT molecular complexity index is 375. The Balaban J connectivity index is 1.99. The van der Waals surface area contributed by atoms with Gasteiger partial charge < -0.3 is 10.2 Å². The summed E-state index contributed by atoms with van der Waals surface area (Å²) in [6, 6.07) is 7.51.